The van der Waals surface area contributed by atoms with Crippen LogP contribution in [0.4, 0.5) is 0 Å². The van der Waals surface area contributed by atoms with E-state index in [4.69, 9.17) is 0 Å². The van der Waals surface area contributed by atoms with E-state index >= 15 is 0 Å². The summed E-state index contributed by atoms with van der Waals surface area (Å²) in [5.41, 5.74) is 3.63. The Kier molecular flexibility index (Phi) is 6.61. The van der Waals surface area contributed by atoms with Gasteiger partial charge in [-0.1, -0.05) is 24.3 Å². The lowest BCUT2D eigenvalue weighted by atomic mass is 10.00. The molecule has 3 heterocycles. The SMILES string of the molecule is CC(c1ccncn1)N(C)C(=O)CCCn1nnnc1CN1CCc2ccccc2C1. The third-order valence-electron chi connectivity index (χ3n) is 5.95. The zero-order valence-electron chi connectivity index (χ0n) is 18.1. The van der Waals surface area contributed by atoms with E-state index in [-0.39, 0.29) is 11.9 Å². The Bertz CT molecular complexity index is 1010. The van der Waals surface area contributed by atoms with Crippen molar-refractivity contribution in [2.45, 2.75) is 51.9 Å². The fourth-order valence-electron chi connectivity index (χ4n) is 3.92. The number of aromatic nitrogens is 6. The van der Waals surface area contributed by atoms with Crippen molar-refractivity contribution < 1.29 is 4.79 Å². The lowest BCUT2D eigenvalue weighted by Gasteiger charge is -2.28. The zero-order valence-corrected chi connectivity index (χ0v) is 18.1. The number of benzene rings is 1. The Morgan fingerprint density at radius 1 is 1.23 bits per heavy atom. The summed E-state index contributed by atoms with van der Waals surface area (Å²) in [6, 6.07) is 10.3. The maximum Gasteiger partial charge on any atom is 0.222 e. The summed E-state index contributed by atoms with van der Waals surface area (Å²) in [4.78, 5) is 24.9. The second-order valence-electron chi connectivity index (χ2n) is 7.97. The maximum absolute atomic E-state index is 12.6. The fourth-order valence-corrected chi connectivity index (χ4v) is 3.92. The summed E-state index contributed by atoms with van der Waals surface area (Å²) >= 11 is 0. The molecule has 0 radical (unpaired) electrons. The highest BCUT2D eigenvalue weighted by Crippen LogP contribution is 2.20. The minimum absolute atomic E-state index is 0.0772. The second-order valence-corrected chi connectivity index (χ2v) is 7.97. The van der Waals surface area contributed by atoms with E-state index in [1.54, 1.807) is 11.1 Å². The summed E-state index contributed by atoms with van der Waals surface area (Å²) in [6.45, 7) is 5.20. The van der Waals surface area contributed by atoms with Crippen LogP contribution in [0.5, 0.6) is 0 Å². The fraction of sp³-hybridized carbons (Fsp3) is 0.455. The first-order valence-electron chi connectivity index (χ1n) is 10.7. The summed E-state index contributed by atoms with van der Waals surface area (Å²) < 4.78 is 1.82. The van der Waals surface area contributed by atoms with Gasteiger partial charge < -0.3 is 4.90 Å². The average Bonchev–Trinajstić information content (AvgIpc) is 3.25. The number of rotatable bonds is 8. The number of carbonyl (C=O) groups excluding carboxylic acids is 1. The molecule has 1 aliphatic heterocycles. The first-order valence-corrected chi connectivity index (χ1v) is 10.7. The molecule has 0 spiro atoms. The van der Waals surface area contributed by atoms with Crippen LogP contribution < -0.4 is 0 Å². The van der Waals surface area contributed by atoms with Crippen LogP contribution in [-0.2, 0) is 30.8 Å². The number of amides is 1. The molecule has 1 aliphatic rings. The molecule has 31 heavy (non-hydrogen) atoms. The molecule has 3 aromatic rings. The van der Waals surface area contributed by atoms with Crippen LogP contribution in [-0.4, -0.2) is 59.5 Å². The quantitative estimate of drug-likeness (QED) is 0.550. The predicted molar refractivity (Wildman–Crippen MR) is 115 cm³/mol. The number of hydrogen-bond acceptors (Lipinski definition) is 7. The molecular formula is C22H28N8O. The molecule has 4 rings (SSSR count). The largest absolute Gasteiger partial charge is 0.337 e. The lowest BCUT2D eigenvalue weighted by molar-refractivity contribution is -0.132. The van der Waals surface area contributed by atoms with Gasteiger partial charge in [0, 0.05) is 39.3 Å². The highest BCUT2D eigenvalue weighted by molar-refractivity contribution is 5.76. The minimum atomic E-state index is -0.0962. The Morgan fingerprint density at radius 3 is 2.87 bits per heavy atom. The molecule has 0 saturated carbocycles. The normalized spacial score (nSPS) is 14.8. The van der Waals surface area contributed by atoms with Crippen molar-refractivity contribution in [2.75, 3.05) is 13.6 Å². The summed E-state index contributed by atoms with van der Waals surface area (Å²) in [5, 5.41) is 12.2. The van der Waals surface area contributed by atoms with Crippen LogP contribution in [0, 0.1) is 0 Å². The summed E-state index contributed by atoms with van der Waals surface area (Å²) in [5.74, 6) is 0.919. The molecule has 162 valence electrons. The van der Waals surface area contributed by atoms with Gasteiger partial charge in [-0.05, 0) is 47.4 Å². The summed E-state index contributed by atoms with van der Waals surface area (Å²) in [7, 11) is 1.81. The molecule has 9 heteroatoms. The van der Waals surface area contributed by atoms with Gasteiger partial charge in [-0.2, -0.15) is 0 Å². The van der Waals surface area contributed by atoms with Crippen molar-refractivity contribution in [2.24, 2.45) is 0 Å². The third kappa shape index (κ3) is 5.11. The number of fused-ring (bicyclic) bond motifs is 1. The summed E-state index contributed by atoms with van der Waals surface area (Å²) in [6.07, 6.45) is 5.35. The van der Waals surface area contributed by atoms with Crippen LogP contribution in [0.3, 0.4) is 0 Å². The molecule has 2 aromatic heterocycles. The van der Waals surface area contributed by atoms with E-state index in [2.05, 4.69) is 54.7 Å². The van der Waals surface area contributed by atoms with Crippen molar-refractivity contribution in [3.05, 3.63) is 65.5 Å². The van der Waals surface area contributed by atoms with Crippen molar-refractivity contribution >= 4 is 5.91 Å². The van der Waals surface area contributed by atoms with Gasteiger partial charge in [0.05, 0.1) is 18.3 Å². The Balaban J connectivity index is 1.28. The van der Waals surface area contributed by atoms with Crippen molar-refractivity contribution in [1.29, 1.82) is 0 Å². The number of nitrogens with zero attached hydrogens (tertiary/aromatic N) is 8. The van der Waals surface area contributed by atoms with E-state index < -0.39 is 0 Å². The highest BCUT2D eigenvalue weighted by atomic mass is 16.2. The van der Waals surface area contributed by atoms with Gasteiger partial charge in [-0.25, -0.2) is 14.6 Å². The Morgan fingerprint density at radius 2 is 2.06 bits per heavy atom. The molecule has 0 saturated heterocycles. The second kappa shape index (κ2) is 9.74. The molecule has 1 amide bonds. The molecule has 0 aliphatic carbocycles. The topological polar surface area (TPSA) is 92.9 Å². The molecule has 1 aromatic carbocycles. The molecule has 0 bridgehead atoms. The van der Waals surface area contributed by atoms with E-state index in [0.717, 1.165) is 31.0 Å². The Labute approximate surface area is 182 Å². The third-order valence-corrected chi connectivity index (χ3v) is 5.95. The highest BCUT2D eigenvalue weighted by Gasteiger charge is 2.20. The first kappa shape index (κ1) is 21.0. The molecule has 0 N–H and O–H groups in total. The van der Waals surface area contributed by atoms with E-state index in [1.807, 2.05) is 24.7 Å². The molecule has 9 nitrogen and oxygen atoms in total. The maximum atomic E-state index is 12.6. The zero-order chi connectivity index (χ0) is 21.6. The number of aryl methyl sites for hydroxylation is 1. The van der Waals surface area contributed by atoms with E-state index in [0.29, 0.717) is 25.9 Å². The number of carbonyl (C=O) groups is 1. The van der Waals surface area contributed by atoms with Gasteiger partial charge in [-0.3, -0.25) is 9.69 Å². The number of hydrogen-bond donors (Lipinski definition) is 0. The van der Waals surface area contributed by atoms with Crippen molar-refractivity contribution in [1.82, 2.24) is 40.0 Å². The van der Waals surface area contributed by atoms with Gasteiger partial charge >= 0.3 is 0 Å². The van der Waals surface area contributed by atoms with Crippen LogP contribution in [0.15, 0.2) is 42.9 Å². The van der Waals surface area contributed by atoms with Crippen molar-refractivity contribution in [3.8, 4) is 0 Å². The molecular weight excluding hydrogens is 392 g/mol. The Hall–Kier alpha value is -3.20. The first-order chi connectivity index (χ1) is 15.1. The van der Waals surface area contributed by atoms with E-state index in [9.17, 15) is 4.79 Å². The molecule has 1 atom stereocenters. The predicted octanol–water partition coefficient (Wildman–Crippen LogP) is 2.02. The van der Waals surface area contributed by atoms with Crippen molar-refractivity contribution in [3.63, 3.8) is 0 Å². The number of tetrazole rings is 1. The average molecular weight is 421 g/mol. The van der Waals surface area contributed by atoms with Gasteiger partial charge in [0.25, 0.3) is 0 Å². The lowest BCUT2D eigenvalue weighted by Crippen LogP contribution is -2.31. The van der Waals surface area contributed by atoms with Gasteiger partial charge in [0.2, 0.25) is 5.91 Å². The van der Waals surface area contributed by atoms with Crippen LogP contribution in [0.25, 0.3) is 0 Å². The van der Waals surface area contributed by atoms with Crippen LogP contribution >= 0.6 is 0 Å². The minimum Gasteiger partial charge on any atom is -0.337 e. The van der Waals surface area contributed by atoms with Gasteiger partial charge in [0.15, 0.2) is 5.82 Å². The molecule has 1 unspecified atom stereocenters. The standard InChI is InChI=1S/C22H28N8O/c1-17(20-9-11-23-16-24-20)28(2)22(31)8-5-12-30-21(25-26-27-30)15-29-13-10-18-6-3-4-7-19(18)14-29/h3-4,6-7,9,11,16-17H,5,8,10,12-15H2,1-2H3. The monoisotopic (exact) mass is 420 g/mol. The van der Waals surface area contributed by atoms with Crippen LogP contribution in [0.1, 0.15) is 48.5 Å². The van der Waals surface area contributed by atoms with Crippen LogP contribution in [0.2, 0.25) is 0 Å². The molecule has 0 fully saturated rings. The van der Waals surface area contributed by atoms with Gasteiger partial charge in [-0.15, -0.1) is 5.10 Å². The van der Waals surface area contributed by atoms with Gasteiger partial charge in [0.1, 0.15) is 6.33 Å². The van der Waals surface area contributed by atoms with E-state index in [1.165, 1.54) is 17.5 Å². The smallest absolute Gasteiger partial charge is 0.222 e.